The lowest BCUT2D eigenvalue weighted by molar-refractivity contribution is -0.143. The fraction of sp³-hybridized carbons (Fsp3) is 0.633. The first-order valence-electron chi connectivity index (χ1n) is 14.7. The van der Waals surface area contributed by atoms with Crippen LogP contribution in [-0.2, 0) is 19.1 Å². The van der Waals surface area contributed by atoms with E-state index < -0.39 is 41.4 Å². The molecule has 1 aromatic carbocycles. The molecule has 0 unspecified atom stereocenters. The zero-order valence-corrected chi connectivity index (χ0v) is 26.7. The highest BCUT2D eigenvalue weighted by atomic mass is 19.1. The number of carbonyl (C=O) groups excluding carboxylic acids is 5. The van der Waals surface area contributed by atoms with Crippen LogP contribution in [-0.4, -0.2) is 146 Å². The smallest absolute Gasteiger partial charge is 0.410 e. The van der Waals surface area contributed by atoms with Crippen molar-refractivity contribution in [2.45, 2.75) is 51.3 Å². The number of hydrogen-bond donors (Lipinski definition) is 1. The molecule has 244 valence electrons. The predicted molar refractivity (Wildman–Crippen MR) is 160 cm³/mol. The number of nitrogens with zero attached hydrogens (tertiary/aromatic N) is 5. The summed E-state index contributed by atoms with van der Waals surface area (Å²) >= 11 is 0. The maximum Gasteiger partial charge on any atom is 0.410 e. The van der Waals surface area contributed by atoms with Crippen LogP contribution < -0.4 is 10.1 Å². The lowest BCUT2D eigenvalue weighted by Crippen LogP contribution is -2.60. The maximum absolute atomic E-state index is 14.4. The molecule has 0 spiro atoms. The molecule has 44 heavy (non-hydrogen) atoms. The first-order valence-corrected chi connectivity index (χ1v) is 14.7. The fourth-order valence-corrected chi connectivity index (χ4v) is 4.99. The summed E-state index contributed by atoms with van der Waals surface area (Å²) in [5.41, 5.74) is -0.836. The van der Waals surface area contributed by atoms with Crippen molar-refractivity contribution >= 4 is 29.7 Å². The van der Waals surface area contributed by atoms with Crippen LogP contribution in [0.4, 0.5) is 9.18 Å². The van der Waals surface area contributed by atoms with Gasteiger partial charge < -0.3 is 39.3 Å². The number of fused-ring (bicyclic) bond motifs is 2. The largest absolute Gasteiger partial charge is 0.491 e. The quantitative estimate of drug-likeness (QED) is 0.528. The van der Waals surface area contributed by atoms with Gasteiger partial charge in [0.15, 0.2) is 0 Å². The number of carbonyl (C=O) groups is 5. The molecule has 0 aliphatic carbocycles. The number of rotatable bonds is 4. The molecule has 13 nitrogen and oxygen atoms in total. The van der Waals surface area contributed by atoms with Gasteiger partial charge in [0.05, 0.1) is 18.2 Å². The maximum atomic E-state index is 14.4. The van der Waals surface area contributed by atoms with Gasteiger partial charge in [0.2, 0.25) is 17.7 Å². The molecule has 14 heteroatoms. The zero-order valence-electron chi connectivity index (χ0n) is 26.7. The molecule has 1 saturated heterocycles. The highest BCUT2D eigenvalue weighted by molar-refractivity contribution is 5.99. The average Bonchev–Trinajstić information content (AvgIpc) is 2.94. The Kier molecular flexibility index (Phi) is 11.5. The van der Waals surface area contributed by atoms with Crippen molar-refractivity contribution < 1.29 is 37.8 Å². The third kappa shape index (κ3) is 9.28. The Morgan fingerprint density at radius 1 is 1.11 bits per heavy atom. The van der Waals surface area contributed by atoms with Gasteiger partial charge in [-0.1, -0.05) is 0 Å². The third-order valence-corrected chi connectivity index (χ3v) is 7.44. The summed E-state index contributed by atoms with van der Waals surface area (Å²) in [5, 5.41) is 2.80. The van der Waals surface area contributed by atoms with Crippen molar-refractivity contribution in [2.24, 2.45) is 0 Å². The first-order chi connectivity index (χ1) is 20.6. The molecule has 2 heterocycles. The number of piperazine rings is 1. The SMILES string of the molecule is CN(C)CCNC(=O)[C@@H]1CCC(=O)N(C)CC(=O)N2CCN(C(=O)OC(C)(C)C)C[C@H]2COc2ccc(F)cc2C(=O)N1C. The van der Waals surface area contributed by atoms with Crippen LogP contribution in [0.5, 0.6) is 5.75 Å². The minimum Gasteiger partial charge on any atom is -0.491 e. The lowest BCUT2D eigenvalue weighted by Gasteiger charge is -2.41. The molecule has 1 fully saturated rings. The molecule has 0 aromatic heterocycles. The van der Waals surface area contributed by atoms with Crippen molar-refractivity contribution in [3.05, 3.63) is 29.6 Å². The van der Waals surface area contributed by atoms with E-state index in [4.69, 9.17) is 9.47 Å². The molecular weight excluding hydrogens is 575 g/mol. The van der Waals surface area contributed by atoms with Crippen LogP contribution in [0.25, 0.3) is 0 Å². The van der Waals surface area contributed by atoms with Crippen molar-refractivity contribution in [3.8, 4) is 5.75 Å². The second kappa shape index (κ2) is 14.7. The summed E-state index contributed by atoms with van der Waals surface area (Å²) in [6.07, 6.45) is -0.673. The van der Waals surface area contributed by atoms with Gasteiger partial charge in [0, 0.05) is 53.2 Å². The van der Waals surface area contributed by atoms with Gasteiger partial charge in [-0.05, 0) is 59.5 Å². The van der Waals surface area contributed by atoms with Crippen LogP contribution in [0.15, 0.2) is 18.2 Å². The molecular formula is C30H45FN6O7. The van der Waals surface area contributed by atoms with E-state index in [1.807, 2.05) is 19.0 Å². The van der Waals surface area contributed by atoms with Crippen LogP contribution in [0.3, 0.4) is 0 Å². The van der Waals surface area contributed by atoms with E-state index in [0.717, 1.165) is 12.1 Å². The summed E-state index contributed by atoms with van der Waals surface area (Å²) in [7, 11) is 6.63. The molecule has 0 bridgehead atoms. The topological polar surface area (TPSA) is 132 Å². The van der Waals surface area contributed by atoms with Gasteiger partial charge in [-0.3, -0.25) is 19.2 Å². The average molecular weight is 621 g/mol. The van der Waals surface area contributed by atoms with E-state index in [1.165, 1.54) is 34.9 Å². The van der Waals surface area contributed by atoms with Crippen LogP contribution in [0, 0.1) is 5.82 Å². The van der Waals surface area contributed by atoms with Crippen molar-refractivity contribution in [1.29, 1.82) is 0 Å². The number of nitrogens with one attached hydrogen (secondary N) is 1. The van der Waals surface area contributed by atoms with E-state index in [1.54, 1.807) is 25.7 Å². The van der Waals surface area contributed by atoms with Gasteiger partial charge in [-0.25, -0.2) is 9.18 Å². The molecule has 2 atom stereocenters. The molecule has 2 aliphatic heterocycles. The normalized spacial score (nSPS) is 20.8. The predicted octanol–water partition coefficient (Wildman–Crippen LogP) is 1.02. The van der Waals surface area contributed by atoms with Gasteiger partial charge >= 0.3 is 6.09 Å². The zero-order chi connectivity index (χ0) is 32.8. The van der Waals surface area contributed by atoms with Gasteiger partial charge in [-0.15, -0.1) is 0 Å². The van der Waals surface area contributed by atoms with Crippen molar-refractivity contribution in [3.63, 3.8) is 0 Å². The second-order valence-corrected chi connectivity index (χ2v) is 12.4. The van der Waals surface area contributed by atoms with Crippen LogP contribution in [0.2, 0.25) is 0 Å². The van der Waals surface area contributed by atoms with E-state index >= 15 is 0 Å². The third-order valence-electron chi connectivity index (χ3n) is 7.44. The summed E-state index contributed by atoms with van der Waals surface area (Å²) < 4.78 is 26.0. The molecule has 1 N–H and O–H groups in total. The molecule has 0 radical (unpaired) electrons. The number of hydrogen-bond acceptors (Lipinski definition) is 8. The summed E-state index contributed by atoms with van der Waals surface area (Å²) in [6.45, 7) is 6.25. The number of benzene rings is 1. The summed E-state index contributed by atoms with van der Waals surface area (Å²) in [4.78, 5) is 73.8. The second-order valence-electron chi connectivity index (χ2n) is 12.4. The molecule has 0 saturated carbocycles. The Morgan fingerprint density at radius 2 is 1.82 bits per heavy atom. The Bertz CT molecular complexity index is 1240. The number of amides is 5. The van der Waals surface area contributed by atoms with E-state index in [9.17, 15) is 28.4 Å². The fourth-order valence-electron chi connectivity index (χ4n) is 4.99. The minimum atomic E-state index is -1.05. The highest BCUT2D eigenvalue weighted by Gasteiger charge is 2.37. The van der Waals surface area contributed by atoms with Crippen LogP contribution in [0.1, 0.15) is 44.0 Å². The first kappa shape index (κ1) is 34.5. The summed E-state index contributed by atoms with van der Waals surface area (Å²) in [5.74, 6) is -2.49. The Labute approximate surface area is 258 Å². The van der Waals surface area contributed by atoms with Gasteiger partial charge in [0.25, 0.3) is 5.91 Å². The Hall–Kier alpha value is -3.94. The molecule has 5 amide bonds. The molecule has 1 aromatic rings. The van der Waals surface area contributed by atoms with E-state index in [-0.39, 0.29) is 68.8 Å². The Morgan fingerprint density at radius 3 is 2.48 bits per heavy atom. The molecule has 3 rings (SSSR count). The number of likely N-dealkylation sites (N-methyl/N-ethyl adjacent to an activating group) is 3. The Balaban J connectivity index is 1.95. The van der Waals surface area contributed by atoms with Crippen molar-refractivity contribution in [2.75, 3.05) is 74.1 Å². The van der Waals surface area contributed by atoms with E-state index in [2.05, 4.69) is 5.32 Å². The lowest BCUT2D eigenvalue weighted by atomic mass is 10.1. The number of halogens is 1. The van der Waals surface area contributed by atoms with Gasteiger partial charge in [0.1, 0.15) is 29.8 Å². The standard InChI is InChI=1S/C30H45FN6O7/c1-30(2,3)44-29(42)36-14-15-37-21(17-36)19-43-24-10-8-20(31)16-22(24)28(41)35(7)23(27(40)32-12-13-33(4)5)9-11-25(38)34(6)18-26(37)39/h8,10,16,21,23H,9,11-15,17-19H2,1-7H3,(H,32,40)/t21-,23-/m0/s1. The summed E-state index contributed by atoms with van der Waals surface area (Å²) in [6, 6.07) is 1.79. The van der Waals surface area contributed by atoms with Crippen molar-refractivity contribution in [1.82, 2.24) is 29.8 Å². The minimum absolute atomic E-state index is 0.0178. The van der Waals surface area contributed by atoms with Crippen LogP contribution >= 0.6 is 0 Å². The highest BCUT2D eigenvalue weighted by Crippen LogP contribution is 2.25. The van der Waals surface area contributed by atoms with E-state index in [0.29, 0.717) is 13.1 Å². The van der Waals surface area contributed by atoms with Gasteiger partial charge in [-0.2, -0.15) is 0 Å². The monoisotopic (exact) mass is 620 g/mol. The molecule has 2 aliphatic rings. The number of ether oxygens (including phenoxy) is 2.